The molecule has 0 aromatic rings. The van der Waals surface area contributed by atoms with Gasteiger partial charge in [0.25, 0.3) is 0 Å². The number of hydrogen-bond donors (Lipinski definition) is 0. The van der Waals surface area contributed by atoms with Crippen LogP contribution in [-0.2, 0) is 0 Å². The fourth-order valence-corrected chi connectivity index (χ4v) is 2.58. The number of hydrogen-bond acceptors (Lipinski definition) is 0. The zero-order valence-corrected chi connectivity index (χ0v) is 9.39. The van der Waals surface area contributed by atoms with E-state index < -0.39 is 0 Å². The van der Waals surface area contributed by atoms with Gasteiger partial charge in [-0.25, -0.2) is 0 Å². The molecular formula is C13H25. The van der Waals surface area contributed by atoms with Gasteiger partial charge >= 0.3 is 0 Å². The van der Waals surface area contributed by atoms with Crippen LogP contribution in [0.4, 0.5) is 0 Å². The van der Waals surface area contributed by atoms with Crippen LogP contribution in [0, 0.1) is 18.3 Å². The molecule has 1 aliphatic rings. The third-order valence-corrected chi connectivity index (χ3v) is 3.40. The smallest absolute Gasteiger partial charge is 0.0352 e. The van der Waals surface area contributed by atoms with Gasteiger partial charge < -0.3 is 0 Å². The van der Waals surface area contributed by atoms with Gasteiger partial charge in [-0.15, -0.1) is 0 Å². The standard InChI is InChI=1S/C13H25/c1-3-5-8-12-10-7-11-13(12)9-6-4-2/h8,12-13H,3-7,9-11H2,1-2H3/t12-,13-/m0/s1. The number of unbranched alkanes of at least 4 members (excludes halogenated alkanes) is 2. The van der Waals surface area contributed by atoms with Gasteiger partial charge in [0.05, 0.1) is 0 Å². The van der Waals surface area contributed by atoms with Crippen molar-refractivity contribution < 1.29 is 0 Å². The zero-order chi connectivity index (χ0) is 9.52. The quantitative estimate of drug-likeness (QED) is 0.562. The summed E-state index contributed by atoms with van der Waals surface area (Å²) in [7, 11) is 0. The molecule has 0 heteroatoms. The molecule has 13 heavy (non-hydrogen) atoms. The highest BCUT2D eigenvalue weighted by molar-refractivity contribution is 4.86. The summed E-state index contributed by atoms with van der Waals surface area (Å²) in [5, 5.41) is 0. The monoisotopic (exact) mass is 181 g/mol. The van der Waals surface area contributed by atoms with E-state index in [1.54, 1.807) is 0 Å². The maximum absolute atomic E-state index is 2.60. The van der Waals surface area contributed by atoms with E-state index >= 15 is 0 Å². The lowest BCUT2D eigenvalue weighted by Crippen LogP contribution is -2.08. The molecule has 0 saturated heterocycles. The van der Waals surface area contributed by atoms with E-state index in [0.717, 1.165) is 11.8 Å². The first-order valence-corrected chi connectivity index (χ1v) is 6.21. The largest absolute Gasteiger partial charge is 0.0654 e. The third kappa shape index (κ3) is 3.70. The average Bonchev–Trinajstić information content (AvgIpc) is 2.59. The summed E-state index contributed by atoms with van der Waals surface area (Å²) in [5.74, 6) is 2.03. The lowest BCUT2D eigenvalue weighted by atomic mass is 9.87. The van der Waals surface area contributed by atoms with Crippen molar-refractivity contribution in [3.05, 3.63) is 6.42 Å². The highest BCUT2D eigenvalue weighted by Gasteiger charge is 2.25. The minimum Gasteiger partial charge on any atom is -0.0654 e. The minimum atomic E-state index is 0.978. The van der Waals surface area contributed by atoms with Gasteiger partial charge in [0, 0.05) is 0 Å². The second-order valence-corrected chi connectivity index (χ2v) is 4.52. The first-order chi connectivity index (χ1) is 6.38. The van der Waals surface area contributed by atoms with Crippen LogP contribution in [0.5, 0.6) is 0 Å². The Morgan fingerprint density at radius 1 is 1.15 bits per heavy atom. The SMILES string of the molecule is CCC[CH][C@H]1CCC[C@@H]1CCCC. The van der Waals surface area contributed by atoms with Gasteiger partial charge in [0.1, 0.15) is 0 Å². The van der Waals surface area contributed by atoms with Crippen LogP contribution in [0.15, 0.2) is 0 Å². The van der Waals surface area contributed by atoms with Crippen molar-refractivity contribution in [2.45, 2.75) is 65.2 Å². The summed E-state index contributed by atoms with van der Waals surface area (Å²) in [6.45, 7) is 4.59. The van der Waals surface area contributed by atoms with E-state index in [1.807, 2.05) is 0 Å². The van der Waals surface area contributed by atoms with Crippen molar-refractivity contribution in [2.75, 3.05) is 0 Å². The van der Waals surface area contributed by atoms with Crippen molar-refractivity contribution in [1.82, 2.24) is 0 Å². The van der Waals surface area contributed by atoms with E-state index in [2.05, 4.69) is 20.3 Å². The Morgan fingerprint density at radius 2 is 2.00 bits per heavy atom. The Kier molecular flexibility index (Phi) is 5.50. The summed E-state index contributed by atoms with van der Waals surface area (Å²) in [6.07, 6.45) is 14.1. The molecule has 1 rings (SSSR count). The molecule has 0 heterocycles. The first-order valence-electron chi connectivity index (χ1n) is 6.21. The Balaban J connectivity index is 2.18. The molecule has 77 valence electrons. The molecule has 1 saturated carbocycles. The van der Waals surface area contributed by atoms with Gasteiger partial charge in [0.15, 0.2) is 0 Å². The van der Waals surface area contributed by atoms with Gasteiger partial charge in [-0.3, -0.25) is 0 Å². The van der Waals surface area contributed by atoms with Gasteiger partial charge in [-0.2, -0.15) is 0 Å². The molecular weight excluding hydrogens is 156 g/mol. The fraction of sp³-hybridized carbons (Fsp3) is 0.923. The number of rotatable bonds is 6. The fourth-order valence-electron chi connectivity index (χ4n) is 2.58. The Labute approximate surface area is 84.1 Å². The van der Waals surface area contributed by atoms with Crippen LogP contribution < -0.4 is 0 Å². The topological polar surface area (TPSA) is 0 Å². The van der Waals surface area contributed by atoms with Crippen LogP contribution in [0.1, 0.15) is 65.2 Å². The second kappa shape index (κ2) is 6.45. The Hall–Kier alpha value is 0. The molecule has 0 N–H and O–H groups in total. The lowest BCUT2D eigenvalue weighted by molar-refractivity contribution is 0.384. The molecule has 0 aromatic carbocycles. The van der Waals surface area contributed by atoms with E-state index in [-0.39, 0.29) is 0 Å². The summed E-state index contributed by atoms with van der Waals surface area (Å²) in [5.41, 5.74) is 0. The predicted molar refractivity (Wildman–Crippen MR) is 59.6 cm³/mol. The molecule has 0 nitrogen and oxygen atoms in total. The average molecular weight is 181 g/mol. The van der Waals surface area contributed by atoms with Crippen LogP contribution >= 0.6 is 0 Å². The third-order valence-electron chi connectivity index (χ3n) is 3.40. The maximum atomic E-state index is 2.60. The maximum Gasteiger partial charge on any atom is -0.0352 e. The molecule has 0 bridgehead atoms. The van der Waals surface area contributed by atoms with E-state index in [0.29, 0.717) is 0 Å². The van der Waals surface area contributed by atoms with Gasteiger partial charge in [0.2, 0.25) is 0 Å². The molecule has 1 aliphatic carbocycles. The summed E-state index contributed by atoms with van der Waals surface area (Å²) < 4.78 is 0. The van der Waals surface area contributed by atoms with Crippen molar-refractivity contribution in [1.29, 1.82) is 0 Å². The van der Waals surface area contributed by atoms with Gasteiger partial charge in [-0.1, -0.05) is 58.8 Å². The van der Waals surface area contributed by atoms with E-state index in [9.17, 15) is 0 Å². The molecule has 1 fully saturated rings. The van der Waals surface area contributed by atoms with Crippen molar-refractivity contribution in [3.63, 3.8) is 0 Å². The summed E-state index contributed by atoms with van der Waals surface area (Å²) in [4.78, 5) is 0. The molecule has 0 unspecified atom stereocenters. The van der Waals surface area contributed by atoms with Gasteiger partial charge in [-0.05, 0) is 24.7 Å². The Bertz CT molecular complexity index is 103. The predicted octanol–water partition coefficient (Wildman–Crippen LogP) is 4.60. The molecule has 2 atom stereocenters. The highest BCUT2D eigenvalue weighted by atomic mass is 14.3. The normalized spacial score (nSPS) is 28.2. The Morgan fingerprint density at radius 3 is 2.69 bits per heavy atom. The first kappa shape index (κ1) is 11.1. The van der Waals surface area contributed by atoms with E-state index in [1.165, 1.54) is 51.4 Å². The van der Waals surface area contributed by atoms with Crippen LogP contribution in [-0.4, -0.2) is 0 Å². The summed E-state index contributed by atoms with van der Waals surface area (Å²) >= 11 is 0. The zero-order valence-electron chi connectivity index (χ0n) is 9.39. The van der Waals surface area contributed by atoms with Crippen molar-refractivity contribution in [3.8, 4) is 0 Å². The molecule has 0 amide bonds. The lowest BCUT2D eigenvalue weighted by Gasteiger charge is -2.18. The van der Waals surface area contributed by atoms with Crippen LogP contribution in [0.2, 0.25) is 0 Å². The second-order valence-electron chi connectivity index (χ2n) is 4.52. The molecule has 0 aromatic heterocycles. The van der Waals surface area contributed by atoms with Crippen LogP contribution in [0.3, 0.4) is 0 Å². The summed E-state index contributed by atoms with van der Waals surface area (Å²) in [6, 6.07) is 0. The molecule has 0 spiro atoms. The highest BCUT2D eigenvalue weighted by Crippen LogP contribution is 2.37. The van der Waals surface area contributed by atoms with Crippen molar-refractivity contribution >= 4 is 0 Å². The molecule has 1 radical (unpaired) electrons. The van der Waals surface area contributed by atoms with E-state index in [4.69, 9.17) is 0 Å². The van der Waals surface area contributed by atoms with Crippen LogP contribution in [0.25, 0.3) is 0 Å². The van der Waals surface area contributed by atoms with Crippen molar-refractivity contribution in [2.24, 2.45) is 11.8 Å². The minimum absolute atomic E-state index is 0.978. The molecule has 0 aliphatic heterocycles.